The van der Waals surface area contributed by atoms with Crippen LogP contribution in [0, 0.1) is 0 Å². The standard InChI is InChI=1S/C28H26N2O5.2BrH/c31-19-23-9-13-29(14-10-23)27(33)17-21-1-5-25(6-2-21)35-26-7-3-22(4-8-26)18-28(34)30-15-11-24(20-32)12-16-30;;/h1-16,31-32H,17-20H2;2*1H/q+2;;/p-2. The Labute approximate surface area is 236 Å². The third-order valence-electron chi connectivity index (χ3n) is 5.53. The van der Waals surface area contributed by atoms with E-state index in [1.165, 1.54) is 9.13 Å². The zero-order valence-corrected chi connectivity index (χ0v) is 23.0. The van der Waals surface area contributed by atoms with Crippen LogP contribution in [0.5, 0.6) is 11.5 Å². The number of aliphatic hydroxyl groups is 2. The molecule has 37 heavy (non-hydrogen) atoms. The van der Waals surface area contributed by atoms with Gasteiger partial charge in [-0.3, -0.25) is 0 Å². The molecule has 2 aromatic carbocycles. The molecule has 0 aliphatic heterocycles. The predicted octanol–water partition coefficient (Wildman–Crippen LogP) is -3.19. The minimum Gasteiger partial charge on any atom is -1.00 e. The molecule has 0 spiro atoms. The van der Waals surface area contributed by atoms with Crippen LogP contribution in [0.4, 0.5) is 0 Å². The average molecular weight is 630 g/mol. The molecular formula is C28H26Br2N2O5. The van der Waals surface area contributed by atoms with Crippen molar-refractivity contribution < 1.29 is 67.6 Å². The van der Waals surface area contributed by atoms with Crippen molar-refractivity contribution in [1.82, 2.24) is 0 Å². The quantitative estimate of drug-likeness (QED) is 0.201. The molecule has 0 amide bonds. The Kier molecular flexibility index (Phi) is 11.7. The van der Waals surface area contributed by atoms with Crippen LogP contribution < -0.4 is 47.8 Å². The van der Waals surface area contributed by atoms with E-state index in [1.54, 1.807) is 49.1 Å². The lowest BCUT2D eigenvalue weighted by atomic mass is 10.1. The molecule has 2 aromatic heterocycles. The number of aliphatic hydroxyl groups excluding tert-OH is 2. The summed E-state index contributed by atoms with van der Waals surface area (Å²) in [6, 6.07) is 21.5. The molecule has 0 atom stereocenters. The van der Waals surface area contributed by atoms with Crippen LogP contribution in [0.25, 0.3) is 0 Å². The van der Waals surface area contributed by atoms with E-state index in [2.05, 4.69) is 0 Å². The molecule has 0 radical (unpaired) electrons. The molecule has 0 saturated heterocycles. The van der Waals surface area contributed by atoms with Gasteiger partial charge in [0.05, 0.1) is 26.1 Å². The molecule has 7 nitrogen and oxygen atoms in total. The highest BCUT2D eigenvalue weighted by Crippen LogP contribution is 2.22. The Morgan fingerprint density at radius 1 is 0.541 bits per heavy atom. The van der Waals surface area contributed by atoms with Crippen molar-refractivity contribution in [1.29, 1.82) is 0 Å². The number of benzene rings is 2. The summed E-state index contributed by atoms with van der Waals surface area (Å²) in [6.45, 7) is -0.117. The van der Waals surface area contributed by atoms with E-state index in [1.807, 2.05) is 48.5 Å². The summed E-state index contributed by atoms with van der Waals surface area (Å²) < 4.78 is 8.89. The Morgan fingerprint density at radius 2 is 0.865 bits per heavy atom. The van der Waals surface area contributed by atoms with Gasteiger partial charge < -0.3 is 48.9 Å². The fourth-order valence-electron chi connectivity index (χ4n) is 3.48. The molecule has 0 aliphatic rings. The Bertz CT molecular complexity index is 1190. The fourth-order valence-corrected chi connectivity index (χ4v) is 3.48. The number of carbonyl (C=O) groups excluding carboxylic acids is 2. The maximum absolute atomic E-state index is 12.5. The van der Waals surface area contributed by atoms with Gasteiger partial charge in [0, 0.05) is 24.3 Å². The van der Waals surface area contributed by atoms with E-state index in [-0.39, 0.29) is 71.8 Å². The second-order valence-corrected chi connectivity index (χ2v) is 8.07. The van der Waals surface area contributed by atoms with E-state index in [0.29, 0.717) is 11.5 Å². The molecule has 4 rings (SSSR count). The van der Waals surface area contributed by atoms with Gasteiger partial charge in [-0.1, -0.05) is 24.3 Å². The lowest BCUT2D eigenvalue weighted by Gasteiger charge is -2.07. The minimum atomic E-state index is -0.0733. The smallest absolute Gasteiger partial charge is 0.396 e. The van der Waals surface area contributed by atoms with E-state index in [9.17, 15) is 9.59 Å². The van der Waals surface area contributed by atoms with Gasteiger partial charge in [-0.2, -0.15) is 0 Å². The Morgan fingerprint density at radius 3 is 1.16 bits per heavy atom. The number of halogens is 2. The summed E-state index contributed by atoms with van der Waals surface area (Å²) in [7, 11) is 0. The molecule has 4 aromatic rings. The highest BCUT2D eigenvalue weighted by Gasteiger charge is 2.16. The maximum Gasteiger partial charge on any atom is 0.396 e. The Hall–Kier alpha value is -3.24. The highest BCUT2D eigenvalue weighted by molar-refractivity contribution is 5.70. The van der Waals surface area contributed by atoms with Crippen molar-refractivity contribution in [2.45, 2.75) is 26.1 Å². The average Bonchev–Trinajstić information content (AvgIpc) is 2.91. The van der Waals surface area contributed by atoms with Crippen molar-refractivity contribution in [3.63, 3.8) is 0 Å². The second-order valence-electron chi connectivity index (χ2n) is 8.07. The third kappa shape index (κ3) is 8.40. The topological polar surface area (TPSA) is 91.6 Å². The van der Waals surface area contributed by atoms with Gasteiger partial charge >= 0.3 is 11.8 Å². The molecule has 192 valence electrons. The van der Waals surface area contributed by atoms with Crippen LogP contribution in [-0.2, 0) is 26.1 Å². The molecule has 0 bridgehead atoms. The number of aromatic nitrogens is 2. The molecule has 0 aliphatic carbocycles. The predicted molar refractivity (Wildman–Crippen MR) is 127 cm³/mol. The van der Waals surface area contributed by atoms with E-state index in [0.717, 1.165) is 22.3 Å². The van der Waals surface area contributed by atoms with Crippen LogP contribution >= 0.6 is 0 Å². The van der Waals surface area contributed by atoms with Gasteiger partial charge in [-0.05, 0) is 46.5 Å². The molecule has 0 unspecified atom stereocenters. The number of hydrogen-bond donors (Lipinski definition) is 2. The van der Waals surface area contributed by atoms with E-state index >= 15 is 0 Å². The Balaban J connectivity index is 0.00000241. The van der Waals surface area contributed by atoms with Crippen molar-refractivity contribution in [3.8, 4) is 11.5 Å². The van der Waals surface area contributed by atoms with Crippen LogP contribution in [0.15, 0.2) is 97.6 Å². The van der Waals surface area contributed by atoms with Crippen LogP contribution in [0.2, 0.25) is 0 Å². The van der Waals surface area contributed by atoms with Crippen LogP contribution in [0.1, 0.15) is 31.8 Å². The summed E-state index contributed by atoms with van der Waals surface area (Å²) in [5, 5.41) is 18.2. The summed E-state index contributed by atoms with van der Waals surface area (Å²) in [6.07, 6.45) is 7.07. The van der Waals surface area contributed by atoms with Gasteiger partial charge in [0.2, 0.25) is 0 Å². The molecule has 0 saturated carbocycles. The molecule has 0 fully saturated rings. The van der Waals surface area contributed by atoms with Gasteiger partial charge in [0.25, 0.3) is 0 Å². The highest BCUT2D eigenvalue weighted by atomic mass is 79.9. The van der Waals surface area contributed by atoms with Gasteiger partial charge in [-0.15, -0.1) is 9.13 Å². The first kappa shape index (κ1) is 30.0. The number of hydrogen-bond acceptors (Lipinski definition) is 5. The first-order valence-corrected chi connectivity index (χ1v) is 11.2. The number of ether oxygens (including phenoxy) is 1. The van der Waals surface area contributed by atoms with E-state index < -0.39 is 0 Å². The SMILES string of the molecule is O=C(Cc1ccc(Oc2ccc(CC(=O)[n+]3ccc(CO)cc3)cc2)cc1)[n+]1ccc(CO)cc1.[Br-].[Br-]. The normalized spacial score (nSPS) is 10.1. The monoisotopic (exact) mass is 628 g/mol. The first-order chi connectivity index (χ1) is 17.0. The maximum atomic E-state index is 12.5. The lowest BCUT2D eigenvalue weighted by Crippen LogP contribution is -3.00. The minimum absolute atomic E-state index is 0. The van der Waals surface area contributed by atoms with Crippen molar-refractivity contribution in [2.24, 2.45) is 0 Å². The van der Waals surface area contributed by atoms with Crippen LogP contribution in [0.3, 0.4) is 0 Å². The first-order valence-electron chi connectivity index (χ1n) is 11.2. The summed E-state index contributed by atoms with van der Waals surface area (Å²) in [5.74, 6) is 1.14. The van der Waals surface area contributed by atoms with E-state index in [4.69, 9.17) is 14.9 Å². The molecule has 2 N–H and O–H groups in total. The number of pyridine rings is 2. The zero-order valence-electron chi connectivity index (χ0n) is 19.8. The number of rotatable bonds is 8. The number of carbonyl (C=O) groups is 2. The lowest BCUT2D eigenvalue weighted by molar-refractivity contribution is -0.574. The molecular weight excluding hydrogens is 604 g/mol. The van der Waals surface area contributed by atoms with Gasteiger partial charge in [0.1, 0.15) is 11.5 Å². The second kappa shape index (κ2) is 14.5. The zero-order chi connectivity index (χ0) is 24.6. The van der Waals surface area contributed by atoms with Crippen molar-refractivity contribution in [3.05, 3.63) is 120 Å². The van der Waals surface area contributed by atoms with Crippen molar-refractivity contribution in [2.75, 3.05) is 0 Å². The fraction of sp³-hybridized carbons (Fsp3) is 0.143. The summed E-state index contributed by atoms with van der Waals surface area (Å²) >= 11 is 0. The molecule has 2 heterocycles. The van der Waals surface area contributed by atoms with Crippen LogP contribution in [-0.4, -0.2) is 22.0 Å². The largest absolute Gasteiger partial charge is 1.00 e. The molecule has 9 heteroatoms. The summed E-state index contributed by atoms with van der Waals surface area (Å²) in [4.78, 5) is 24.9. The summed E-state index contributed by atoms with van der Waals surface area (Å²) in [5.41, 5.74) is 3.23. The number of nitrogens with zero attached hydrogens (tertiary/aromatic N) is 2. The third-order valence-corrected chi connectivity index (χ3v) is 5.53. The van der Waals surface area contributed by atoms with Gasteiger partial charge in [0.15, 0.2) is 24.8 Å². The van der Waals surface area contributed by atoms with Gasteiger partial charge in [-0.25, -0.2) is 9.59 Å². The van der Waals surface area contributed by atoms with Crippen molar-refractivity contribution >= 4 is 11.8 Å².